The number of aryl methyl sites for hydroxylation is 1. The minimum Gasteiger partial charge on any atom is -0.397 e. The highest BCUT2D eigenvalue weighted by molar-refractivity contribution is 7.90. The highest BCUT2D eigenvalue weighted by atomic mass is 32.2. The van der Waals surface area contributed by atoms with E-state index < -0.39 is 15.7 Å². The first-order chi connectivity index (χ1) is 8.90. The van der Waals surface area contributed by atoms with Gasteiger partial charge >= 0.3 is 0 Å². The van der Waals surface area contributed by atoms with Gasteiger partial charge in [0.25, 0.3) is 0 Å². The maximum atomic E-state index is 13.1. The van der Waals surface area contributed by atoms with Gasteiger partial charge < -0.3 is 5.73 Å². The highest BCUT2D eigenvalue weighted by Crippen LogP contribution is 2.25. The van der Waals surface area contributed by atoms with E-state index in [1.54, 1.807) is 25.1 Å². The lowest BCUT2D eigenvalue weighted by molar-refractivity contribution is 0.595. The SMILES string of the molecule is Cc1cccc(S(=O)(=O)Cc2cccc(F)c2)c1N. The van der Waals surface area contributed by atoms with Gasteiger partial charge in [0.05, 0.1) is 16.3 Å². The number of rotatable bonds is 3. The van der Waals surface area contributed by atoms with Gasteiger partial charge in [-0.05, 0) is 36.2 Å². The van der Waals surface area contributed by atoms with Crippen LogP contribution in [0.25, 0.3) is 0 Å². The van der Waals surface area contributed by atoms with Crippen LogP contribution in [0, 0.1) is 12.7 Å². The smallest absolute Gasteiger partial charge is 0.184 e. The van der Waals surface area contributed by atoms with E-state index in [0.717, 1.165) is 0 Å². The van der Waals surface area contributed by atoms with Crippen molar-refractivity contribution < 1.29 is 12.8 Å². The topological polar surface area (TPSA) is 60.2 Å². The number of para-hydroxylation sites is 1. The minimum absolute atomic E-state index is 0.0942. The number of hydrogen-bond acceptors (Lipinski definition) is 3. The van der Waals surface area contributed by atoms with Gasteiger partial charge in [-0.25, -0.2) is 12.8 Å². The first-order valence-corrected chi connectivity index (χ1v) is 7.37. The van der Waals surface area contributed by atoms with Gasteiger partial charge in [-0.2, -0.15) is 0 Å². The summed E-state index contributed by atoms with van der Waals surface area (Å²) in [5.41, 5.74) is 7.16. The summed E-state index contributed by atoms with van der Waals surface area (Å²) in [6.07, 6.45) is 0. The second kappa shape index (κ2) is 5.01. The van der Waals surface area contributed by atoms with Crippen LogP contribution in [-0.4, -0.2) is 8.42 Å². The predicted molar refractivity (Wildman–Crippen MR) is 72.9 cm³/mol. The highest BCUT2D eigenvalue weighted by Gasteiger charge is 2.19. The molecule has 0 fully saturated rings. The fourth-order valence-corrected chi connectivity index (χ4v) is 3.40. The molecule has 0 amide bonds. The molecule has 0 radical (unpaired) electrons. The van der Waals surface area contributed by atoms with Crippen LogP contribution in [0.5, 0.6) is 0 Å². The number of nitrogens with two attached hydrogens (primary N) is 1. The van der Waals surface area contributed by atoms with E-state index in [9.17, 15) is 12.8 Å². The summed E-state index contributed by atoms with van der Waals surface area (Å²) in [5.74, 6) is -0.719. The Labute approximate surface area is 111 Å². The van der Waals surface area contributed by atoms with Crippen molar-refractivity contribution in [1.29, 1.82) is 0 Å². The average molecular weight is 279 g/mol. The van der Waals surface area contributed by atoms with Gasteiger partial charge in [0.2, 0.25) is 0 Å². The Bertz CT molecular complexity index is 711. The molecule has 2 aromatic carbocycles. The van der Waals surface area contributed by atoms with E-state index in [2.05, 4.69) is 0 Å². The van der Waals surface area contributed by atoms with Crippen LogP contribution in [0.15, 0.2) is 47.4 Å². The van der Waals surface area contributed by atoms with Crippen LogP contribution in [0.4, 0.5) is 10.1 Å². The monoisotopic (exact) mass is 279 g/mol. The molecule has 2 rings (SSSR count). The maximum Gasteiger partial charge on any atom is 0.184 e. The summed E-state index contributed by atoms with van der Waals surface area (Å²) in [6.45, 7) is 1.75. The lowest BCUT2D eigenvalue weighted by Crippen LogP contribution is -2.09. The fourth-order valence-electron chi connectivity index (χ4n) is 1.85. The molecule has 0 atom stereocenters. The first kappa shape index (κ1) is 13.5. The van der Waals surface area contributed by atoms with E-state index in [1.165, 1.54) is 24.3 Å². The van der Waals surface area contributed by atoms with E-state index in [4.69, 9.17) is 5.73 Å². The number of halogens is 1. The van der Waals surface area contributed by atoms with E-state index in [1.807, 2.05) is 0 Å². The van der Waals surface area contributed by atoms with Crippen LogP contribution in [0.3, 0.4) is 0 Å². The fraction of sp³-hybridized carbons (Fsp3) is 0.143. The van der Waals surface area contributed by atoms with E-state index >= 15 is 0 Å². The zero-order chi connectivity index (χ0) is 14.0. The molecular weight excluding hydrogens is 265 g/mol. The number of hydrogen-bond donors (Lipinski definition) is 1. The van der Waals surface area contributed by atoms with Crippen LogP contribution < -0.4 is 5.73 Å². The number of benzene rings is 2. The third-order valence-electron chi connectivity index (χ3n) is 2.86. The molecule has 0 unspecified atom stereocenters. The molecule has 0 aliphatic carbocycles. The third kappa shape index (κ3) is 2.93. The van der Waals surface area contributed by atoms with Crippen molar-refractivity contribution in [3.63, 3.8) is 0 Å². The molecular formula is C14H14FNO2S. The van der Waals surface area contributed by atoms with E-state index in [0.29, 0.717) is 11.1 Å². The largest absolute Gasteiger partial charge is 0.397 e. The second-order valence-electron chi connectivity index (χ2n) is 4.38. The quantitative estimate of drug-likeness (QED) is 0.879. The minimum atomic E-state index is -3.57. The Morgan fingerprint density at radius 1 is 1.16 bits per heavy atom. The average Bonchev–Trinajstić information content (AvgIpc) is 2.32. The van der Waals surface area contributed by atoms with Crippen molar-refractivity contribution in [3.8, 4) is 0 Å². The summed E-state index contributed by atoms with van der Waals surface area (Å²) in [5, 5.41) is 0. The second-order valence-corrected chi connectivity index (χ2v) is 6.33. The molecule has 19 heavy (non-hydrogen) atoms. The molecule has 0 aliphatic rings. The lowest BCUT2D eigenvalue weighted by Gasteiger charge is -2.09. The van der Waals surface area contributed by atoms with E-state index in [-0.39, 0.29) is 16.3 Å². The maximum absolute atomic E-state index is 13.1. The van der Waals surface area contributed by atoms with Crippen molar-refractivity contribution in [2.45, 2.75) is 17.6 Å². The number of nitrogen functional groups attached to an aromatic ring is 1. The first-order valence-electron chi connectivity index (χ1n) is 5.72. The van der Waals surface area contributed by atoms with Crippen LogP contribution in [-0.2, 0) is 15.6 Å². The van der Waals surface area contributed by atoms with Gasteiger partial charge in [0.15, 0.2) is 9.84 Å². The number of anilines is 1. The Hall–Kier alpha value is -1.88. The Morgan fingerprint density at radius 3 is 2.53 bits per heavy atom. The van der Waals surface area contributed by atoms with Crippen LogP contribution in [0.1, 0.15) is 11.1 Å². The molecule has 2 N–H and O–H groups in total. The molecule has 100 valence electrons. The molecule has 2 aromatic rings. The summed E-state index contributed by atoms with van der Waals surface area (Å²) in [6, 6.07) is 10.4. The zero-order valence-electron chi connectivity index (χ0n) is 10.4. The molecule has 0 saturated carbocycles. The Balaban J connectivity index is 2.41. The summed E-state index contributed by atoms with van der Waals surface area (Å²) in [4.78, 5) is 0.0942. The van der Waals surface area contributed by atoms with Crippen molar-refractivity contribution in [2.24, 2.45) is 0 Å². The van der Waals surface area contributed by atoms with Crippen molar-refractivity contribution in [2.75, 3.05) is 5.73 Å². The molecule has 0 aromatic heterocycles. The molecule has 3 nitrogen and oxygen atoms in total. The Kier molecular flexibility index (Phi) is 3.57. The van der Waals surface area contributed by atoms with Crippen molar-refractivity contribution in [3.05, 3.63) is 59.4 Å². The van der Waals surface area contributed by atoms with Crippen LogP contribution in [0.2, 0.25) is 0 Å². The lowest BCUT2D eigenvalue weighted by atomic mass is 10.2. The predicted octanol–water partition coefficient (Wildman–Crippen LogP) is 2.69. The van der Waals surface area contributed by atoms with Gasteiger partial charge in [-0.15, -0.1) is 0 Å². The van der Waals surface area contributed by atoms with Gasteiger partial charge in [-0.3, -0.25) is 0 Å². The Morgan fingerprint density at radius 2 is 1.84 bits per heavy atom. The van der Waals surface area contributed by atoms with Crippen molar-refractivity contribution >= 4 is 15.5 Å². The van der Waals surface area contributed by atoms with Gasteiger partial charge in [-0.1, -0.05) is 24.3 Å². The summed E-state index contributed by atoms with van der Waals surface area (Å²) >= 11 is 0. The molecule has 0 bridgehead atoms. The van der Waals surface area contributed by atoms with Gasteiger partial charge in [0.1, 0.15) is 5.82 Å². The standard InChI is InChI=1S/C14H14FNO2S/c1-10-4-2-7-13(14(10)16)19(17,18)9-11-5-3-6-12(15)8-11/h2-8H,9,16H2,1H3. The molecule has 0 heterocycles. The summed E-state index contributed by atoms with van der Waals surface area (Å²) < 4.78 is 37.6. The third-order valence-corrected chi connectivity index (χ3v) is 4.60. The number of sulfone groups is 1. The molecule has 0 spiro atoms. The molecule has 5 heteroatoms. The molecule has 0 saturated heterocycles. The molecule has 0 aliphatic heterocycles. The zero-order valence-corrected chi connectivity index (χ0v) is 11.2. The normalized spacial score (nSPS) is 11.5. The van der Waals surface area contributed by atoms with Gasteiger partial charge in [0, 0.05) is 0 Å². The van der Waals surface area contributed by atoms with Crippen molar-refractivity contribution in [1.82, 2.24) is 0 Å². The van der Waals surface area contributed by atoms with Crippen LogP contribution >= 0.6 is 0 Å². The summed E-state index contributed by atoms with van der Waals surface area (Å²) in [7, 11) is -3.57.